The van der Waals surface area contributed by atoms with E-state index in [-0.39, 0.29) is 11.1 Å². The molecule has 0 aromatic heterocycles. The van der Waals surface area contributed by atoms with Gasteiger partial charge in [-0.3, -0.25) is 14.9 Å². The van der Waals surface area contributed by atoms with Crippen LogP contribution >= 0.6 is 11.8 Å². The number of thioether (sulfide) groups is 1. The molecular formula is C19H33NO2S. The zero-order valence-electron chi connectivity index (χ0n) is 14.7. The number of carbonyl (C=O) groups is 2. The number of imide groups is 1. The molecule has 1 heterocycles. The number of hydrogen-bond acceptors (Lipinski definition) is 3. The van der Waals surface area contributed by atoms with Gasteiger partial charge in [0.25, 0.3) is 11.1 Å². The second-order valence-corrected chi connectivity index (χ2v) is 7.46. The molecule has 1 fully saturated rings. The lowest BCUT2D eigenvalue weighted by atomic mass is 10.0. The minimum absolute atomic E-state index is 0.227. The number of nitrogens with one attached hydrogen (secondary N) is 1. The van der Waals surface area contributed by atoms with Gasteiger partial charge in [0.05, 0.1) is 4.91 Å². The Morgan fingerprint density at radius 3 is 1.70 bits per heavy atom. The average molecular weight is 340 g/mol. The summed E-state index contributed by atoms with van der Waals surface area (Å²) < 4.78 is 0. The molecule has 2 amide bonds. The zero-order valence-corrected chi connectivity index (χ0v) is 15.5. The van der Waals surface area contributed by atoms with E-state index in [4.69, 9.17) is 0 Å². The van der Waals surface area contributed by atoms with Crippen LogP contribution in [0.3, 0.4) is 0 Å². The minimum atomic E-state index is -0.244. The summed E-state index contributed by atoms with van der Waals surface area (Å²) in [6.45, 7) is 2.27. The zero-order chi connectivity index (χ0) is 16.8. The van der Waals surface area contributed by atoms with E-state index in [2.05, 4.69) is 12.2 Å². The Kier molecular flexibility index (Phi) is 12.0. The first-order chi connectivity index (χ1) is 11.2. The van der Waals surface area contributed by atoms with E-state index in [9.17, 15) is 9.59 Å². The van der Waals surface area contributed by atoms with E-state index in [0.29, 0.717) is 4.91 Å². The van der Waals surface area contributed by atoms with Gasteiger partial charge >= 0.3 is 0 Å². The average Bonchev–Trinajstić information content (AvgIpc) is 2.85. The smallest absolute Gasteiger partial charge is 0.282 e. The molecule has 0 radical (unpaired) electrons. The lowest BCUT2D eigenvalue weighted by Gasteiger charge is -2.02. The van der Waals surface area contributed by atoms with Crippen LogP contribution in [0.2, 0.25) is 0 Å². The maximum atomic E-state index is 11.3. The van der Waals surface area contributed by atoms with E-state index >= 15 is 0 Å². The Morgan fingerprint density at radius 1 is 0.783 bits per heavy atom. The van der Waals surface area contributed by atoms with E-state index in [1.54, 1.807) is 0 Å². The summed E-state index contributed by atoms with van der Waals surface area (Å²) in [4.78, 5) is 22.9. The molecule has 0 aliphatic carbocycles. The van der Waals surface area contributed by atoms with Gasteiger partial charge in [0, 0.05) is 0 Å². The van der Waals surface area contributed by atoms with Gasteiger partial charge < -0.3 is 0 Å². The quantitative estimate of drug-likeness (QED) is 0.297. The van der Waals surface area contributed by atoms with Gasteiger partial charge in [-0.2, -0.15) is 0 Å². The molecule has 0 spiro atoms. The maximum absolute atomic E-state index is 11.3. The van der Waals surface area contributed by atoms with Crippen molar-refractivity contribution in [2.75, 3.05) is 0 Å². The van der Waals surface area contributed by atoms with E-state index in [1.807, 2.05) is 6.08 Å². The van der Waals surface area contributed by atoms with Gasteiger partial charge in [0.1, 0.15) is 0 Å². The van der Waals surface area contributed by atoms with Crippen molar-refractivity contribution >= 4 is 22.9 Å². The largest absolute Gasteiger partial charge is 0.290 e. The molecule has 0 atom stereocenters. The highest BCUT2D eigenvalue weighted by atomic mass is 32.2. The third-order valence-electron chi connectivity index (χ3n) is 4.28. The predicted molar refractivity (Wildman–Crippen MR) is 99.5 cm³/mol. The van der Waals surface area contributed by atoms with Crippen molar-refractivity contribution in [3.8, 4) is 0 Å². The summed E-state index contributed by atoms with van der Waals surface area (Å²) in [5, 5.41) is 2.04. The molecule has 23 heavy (non-hydrogen) atoms. The first kappa shape index (κ1) is 20.3. The molecule has 0 aromatic rings. The van der Waals surface area contributed by atoms with E-state index < -0.39 is 0 Å². The van der Waals surface area contributed by atoms with Gasteiger partial charge in [-0.1, -0.05) is 90.0 Å². The molecular weight excluding hydrogens is 306 g/mol. The number of allylic oxidation sites excluding steroid dienone is 1. The molecule has 0 aromatic carbocycles. The van der Waals surface area contributed by atoms with Crippen molar-refractivity contribution in [3.63, 3.8) is 0 Å². The Morgan fingerprint density at radius 2 is 1.26 bits per heavy atom. The number of hydrogen-bond donors (Lipinski definition) is 1. The van der Waals surface area contributed by atoms with Crippen LogP contribution in [-0.2, 0) is 4.79 Å². The maximum Gasteiger partial charge on any atom is 0.290 e. The third-order valence-corrected chi connectivity index (χ3v) is 5.14. The van der Waals surface area contributed by atoms with Crippen LogP contribution in [0.1, 0.15) is 96.8 Å². The topological polar surface area (TPSA) is 46.2 Å². The van der Waals surface area contributed by atoms with Crippen molar-refractivity contribution < 1.29 is 9.59 Å². The fourth-order valence-corrected chi connectivity index (χ4v) is 3.54. The second kappa shape index (κ2) is 13.6. The SMILES string of the molecule is CCCCCCCCCCCCCCCC=C1SC(=O)NC1=O. The Bertz CT molecular complexity index is 380. The van der Waals surface area contributed by atoms with Crippen LogP contribution in [0, 0.1) is 0 Å². The van der Waals surface area contributed by atoms with Crippen LogP contribution in [0.15, 0.2) is 11.0 Å². The normalized spacial score (nSPS) is 16.3. The van der Waals surface area contributed by atoms with Gasteiger partial charge in [-0.05, 0) is 24.6 Å². The molecule has 1 rings (SSSR count). The van der Waals surface area contributed by atoms with Crippen LogP contribution in [0.4, 0.5) is 4.79 Å². The van der Waals surface area contributed by atoms with Gasteiger partial charge in [0.2, 0.25) is 0 Å². The fraction of sp³-hybridized carbons (Fsp3) is 0.789. The standard InChI is InChI=1S/C19H33NO2S/c1-2-3-4-5-6-7-8-9-10-11-12-13-14-15-16-17-18(21)20-19(22)23-17/h16H,2-15H2,1H3,(H,20,21,22). The lowest BCUT2D eigenvalue weighted by molar-refractivity contribution is -0.115. The first-order valence-electron chi connectivity index (χ1n) is 9.47. The third kappa shape index (κ3) is 10.6. The molecule has 1 N–H and O–H groups in total. The molecule has 1 aliphatic rings. The molecule has 0 saturated carbocycles. The molecule has 0 bridgehead atoms. The van der Waals surface area contributed by atoms with Crippen LogP contribution in [-0.4, -0.2) is 11.1 Å². The first-order valence-corrected chi connectivity index (χ1v) is 10.3. The highest BCUT2D eigenvalue weighted by Crippen LogP contribution is 2.24. The number of carbonyl (C=O) groups excluding carboxylic acids is 2. The summed E-state index contributed by atoms with van der Waals surface area (Å²) in [6, 6.07) is 0. The molecule has 132 valence electrons. The molecule has 1 aliphatic heterocycles. The van der Waals surface area contributed by atoms with Crippen LogP contribution < -0.4 is 5.32 Å². The van der Waals surface area contributed by atoms with Crippen LogP contribution in [0.25, 0.3) is 0 Å². The summed E-state index contributed by atoms with van der Waals surface area (Å²) in [5.74, 6) is -0.227. The number of rotatable bonds is 14. The lowest BCUT2D eigenvalue weighted by Crippen LogP contribution is -2.17. The summed E-state index contributed by atoms with van der Waals surface area (Å²) in [7, 11) is 0. The van der Waals surface area contributed by atoms with Crippen LogP contribution in [0.5, 0.6) is 0 Å². The fourth-order valence-electron chi connectivity index (χ4n) is 2.86. The molecule has 0 unspecified atom stereocenters. The van der Waals surface area contributed by atoms with Gasteiger partial charge in [-0.15, -0.1) is 0 Å². The summed E-state index contributed by atoms with van der Waals surface area (Å²) in [5.41, 5.74) is 0. The van der Waals surface area contributed by atoms with Gasteiger partial charge in [-0.25, -0.2) is 0 Å². The van der Waals surface area contributed by atoms with Gasteiger partial charge in [0.15, 0.2) is 0 Å². The Balaban J connectivity index is 1.81. The van der Waals surface area contributed by atoms with E-state index in [0.717, 1.165) is 24.6 Å². The van der Waals surface area contributed by atoms with Crippen molar-refractivity contribution in [2.24, 2.45) is 0 Å². The molecule has 1 saturated heterocycles. The van der Waals surface area contributed by atoms with E-state index in [1.165, 1.54) is 77.0 Å². The Hall–Kier alpha value is -0.770. The monoisotopic (exact) mass is 339 g/mol. The van der Waals surface area contributed by atoms with Crippen molar-refractivity contribution in [2.45, 2.75) is 96.8 Å². The predicted octanol–water partition coefficient (Wildman–Crippen LogP) is 6.33. The van der Waals surface area contributed by atoms with Crippen molar-refractivity contribution in [1.29, 1.82) is 0 Å². The minimum Gasteiger partial charge on any atom is -0.282 e. The summed E-state index contributed by atoms with van der Waals surface area (Å²) in [6.07, 6.45) is 20.3. The highest BCUT2D eigenvalue weighted by molar-refractivity contribution is 8.18. The number of unbranched alkanes of at least 4 members (excludes halogenated alkanes) is 13. The summed E-state index contributed by atoms with van der Waals surface area (Å²) >= 11 is 1.02. The highest BCUT2D eigenvalue weighted by Gasteiger charge is 2.24. The molecule has 4 heteroatoms. The second-order valence-electron chi connectivity index (χ2n) is 6.44. The van der Waals surface area contributed by atoms with Crippen molar-refractivity contribution in [1.82, 2.24) is 5.32 Å². The molecule has 3 nitrogen and oxygen atoms in total. The van der Waals surface area contributed by atoms with Crippen molar-refractivity contribution in [3.05, 3.63) is 11.0 Å². The Labute approximate surface area is 146 Å². The number of amides is 2.